The number of carbonyl (C=O) groups excluding carboxylic acids is 1. The second-order valence-electron chi connectivity index (χ2n) is 5.75. The van der Waals surface area contributed by atoms with E-state index in [0.29, 0.717) is 19.8 Å². The molecule has 0 saturated carbocycles. The molecule has 3 N–H and O–H groups in total. The lowest BCUT2D eigenvalue weighted by molar-refractivity contribution is 0.145. The molecule has 2 aromatic carbocycles. The van der Waals surface area contributed by atoms with Gasteiger partial charge in [-0.05, 0) is 31.5 Å². The molecule has 1 aromatic heterocycles. The van der Waals surface area contributed by atoms with Gasteiger partial charge in [0.1, 0.15) is 0 Å². The number of para-hydroxylation sites is 2. The molecule has 0 aliphatic heterocycles. The van der Waals surface area contributed by atoms with Crippen LogP contribution in [0.15, 0.2) is 54.6 Å². The number of aromatic nitrogens is 1. The average Bonchev–Trinajstić information content (AvgIpc) is 3.06. The molecule has 0 aliphatic carbocycles. The lowest BCUT2D eigenvalue weighted by atomic mass is 10.1. The van der Waals surface area contributed by atoms with Crippen LogP contribution in [0.2, 0.25) is 0 Å². The topological polar surface area (TPSA) is 66.2 Å². The molecule has 2 amide bonds. The van der Waals surface area contributed by atoms with Crippen LogP contribution in [0.5, 0.6) is 0 Å². The second-order valence-corrected chi connectivity index (χ2v) is 5.75. The lowest BCUT2D eigenvalue weighted by Crippen LogP contribution is -2.30. The number of aromatic amines is 1. The van der Waals surface area contributed by atoms with Crippen molar-refractivity contribution in [1.29, 1.82) is 0 Å². The van der Waals surface area contributed by atoms with Gasteiger partial charge in [0.2, 0.25) is 0 Å². The Kier molecular flexibility index (Phi) is 5.69. The summed E-state index contributed by atoms with van der Waals surface area (Å²) in [7, 11) is 0. The van der Waals surface area contributed by atoms with Crippen molar-refractivity contribution < 1.29 is 9.53 Å². The molecule has 3 rings (SSSR count). The molecule has 25 heavy (non-hydrogen) atoms. The average molecular weight is 337 g/mol. The smallest absolute Gasteiger partial charge is 0.319 e. The second kappa shape index (κ2) is 8.35. The van der Waals surface area contributed by atoms with Crippen molar-refractivity contribution in [2.45, 2.75) is 13.3 Å². The van der Waals surface area contributed by atoms with Crippen LogP contribution in [0.3, 0.4) is 0 Å². The summed E-state index contributed by atoms with van der Waals surface area (Å²) >= 11 is 0. The SMILES string of the molecule is CCOCCCNC(=O)Nc1ccccc1-c1cc2ccccc2[nH]1. The summed E-state index contributed by atoms with van der Waals surface area (Å²) in [5.74, 6) is 0. The highest BCUT2D eigenvalue weighted by Gasteiger charge is 2.10. The number of carbonyl (C=O) groups is 1. The van der Waals surface area contributed by atoms with Crippen LogP contribution in [0, 0.1) is 0 Å². The molecule has 0 saturated heterocycles. The summed E-state index contributed by atoms with van der Waals surface area (Å²) < 4.78 is 5.26. The van der Waals surface area contributed by atoms with Crippen molar-refractivity contribution in [3.05, 3.63) is 54.6 Å². The van der Waals surface area contributed by atoms with Crippen LogP contribution in [-0.2, 0) is 4.74 Å². The first-order valence-corrected chi connectivity index (χ1v) is 8.57. The summed E-state index contributed by atoms with van der Waals surface area (Å²) in [6.45, 7) is 3.90. The number of hydrogen-bond donors (Lipinski definition) is 3. The maximum absolute atomic E-state index is 12.1. The Hall–Kier alpha value is -2.79. The third kappa shape index (κ3) is 4.39. The van der Waals surface area contributed by atoms with E-state index >= 15 is 0 Å². The number of rotatable bonds is 7. The monoisotopic (exact) mass is 337 g/mol. The normalized spacial score (nSPS) is 10.8. The summed E-state index contributed by atoms with van der Waals surface area (Å²) in [6.07, 6.45) is 0.797. The number of nitrogens with one attached hydrogen (secondary N) is 3. The molecule has 5 nitrogen and oxygen atoms in total. The molecule has 0 radical (unpaired) electrons. The highest BCUT2D eigenvalue weighted by Crippen LogP contribution is 2.29. The number of hydrogen-bond acceptors (Lipinski definition) is 2. The molecular formula is C20H23N3O2. The van der Waals surface area contributed by atoms with Crippen LogP contribution in [0.1, 0.15) is 13.3 Å². The van der Waals surface area contributed by atoms with Gasteiger partial charge in [-0.25, -0.2) is 4.79 Å². The molecule has 0 spiro atoms. The van der Waals surface area contributed by atoms with Crippen LogP contribution >= 0.6 is 0 Å². The van der Waals surface area contributed by atoms with Crippen LogP contribution < -0.4 is 10.6 Å². The highest BCUT2D eigenvalue weighted by molar-refractivity contribution is 5.96. The minimum Gasteiger partial charge on any atom is -0.382 e. The van der Waals surface area contributed by atoms with Gasteiger partial charge < -0.3 is 20.4 Å². The number of ether oxygens (including phenoxy) is 1. The van der Waals surface area contributed by atoms with Crippen molar-refractivity contribution >= 4 is 22.6 Å². The van der Waals surface area contributed by atoms with E-state index in [-0.39, 0.29) is 6.03 Å². The van der Waals surface area contributed by atoms with E-state index in [1.54, 1.807) is 0 Å². The molecule has 130 valence electrons. The van der Waals surface area contributed by atoms with Gasteiger partial charge in [-0.1, -0.05) is 36.4 Å². The first-order chi connectivity index (χ1) is 12.3. The summed E-state index contributed by atoms with van der Waals surface area (Å²) in [4.78, 5) is 15.5. The van der Waals surface area contributed by atoms with Crippen LogP contribution in [0.4, 0.5) is 10.5 Å². The maximum Gasteiger partial charge on any atom is 0.319 e. The predicted molar refractivity (Wildman–Crippen MR) is 102 cm³/mol. The number of anilines is 1. The van der Waals surface area contributed by atoms with Gasteiger partial charge in [-0.2, -0.15) is 0 Å². The fourth-order valence-electron chi connectivity index (χ4n) is 2.73. The third-order valence-electron chi connectivity index (χ3n) is 3.95. The third-order valence-corrected chi connectivity index (χ3v) is 3.95. The first-order valence-electron chi connectivity index (χ1n) is 8.57. The van der Waals surface area contributed by atoms with E-state index in [4.69, 9.17) is 4.74 Å². The Morgan fingerprint density at radius 2 is 1.92 bits per heavy atom. The fraction of sp³-hybridized carbons (Fsp3) is 0.250. The quantitative estimate of drug-likeness (QED) is 0.560. The summed E-state index contributed by atoms with van der Waals surface area (Å²) in [5.41, 5.74) is 3.79. The van der Waals surface area contributed by atoms with Gasteiger partial charge in [0.25, 0.3) is 0 Å². The molecule has 5 heteroatoms. The van der Waals surface area contributed by atoms with Gasteiger partial charge in [0.05, 0.1) is 5.69 Å². The van der Waals surface area contributed by atoms with Gasteiger partial charge >= 0.3 is 6.03 Å². The van der Waals surface area contributed by atoms with Crippen molar-refractivity contribution in [2.75, 3.05) is 25.1 Å². The molecule has 0 aliphatic rings. The lowest BCUT2D eigenvalue weighted by Gasteiger charge is -2.11. The van der Waals surface area contributed by atoms with Crippen molar-refractivity contribution in [3.8, 4) is 11.3 Å². The van der Waals surface area contributed by atoms with Crippen molar-refractivity contribution in [2.24, 2.45) is 0 Å². The zero-order valence-electron chi connectivity index (χ0n) is 14.3. The Morgan fingerprint density at radius 3 is 2.76 bits per heavy atom. The van der Waals surface area contributed by atoms with E-state index in [9.17, 15) is 4.79 Å². The van der Waals surface area contributed by atoms with E-state index in [0.717, 1.165) is 34.3 Å². The maximum atomic E-state index is 12.1. The number of urea groups is 1. The van der Waals surface area contributed by atoms with Crippen LogP contribution in [-0.4, -0.2) is 30.8 Å². The zero-order chi connectivity index (χ0) is 17.5. The number of amides is 2. The standard InChI is InChI=1S/C20H23N3O2/c1-2-25-13-7-12-21-20(24)23-18-11-6-4-9-16(18)19-14-15-8-3-5-10-17(15)22-19/h3-6,8-11,14,22H,2,7,12-13H2,1H3,(H2,21,23,24). The van der Waals surface area contributed by atoms with Gasteiger partial charge in [-0.15, -0.1) is 0 Å². The van der Waals surface area contributed by atoms with Gasteiger partial charge in [0.15, 0.2) is 0 Å². The minimum atomic E-state index is -0.208. The summed E-state index contributed by atoms with van der Waals surface area (Å²) in [5, 5.41) is 6.93. The first kappa shape index (κ1) is 17.0. The highest BCUT2D eigenvalue weighted by atomic mass is 16.5. The fourth-order valence-corrected chi connectivity index (χ4v) is 2.73. The Morgan fingerprint density at radius 1 is 1.12 bits per heavy atom. The number of benzene rings is 2. The Labute approximate surface area is 147 Å². The molecule has 0 atom stereocenters. The predicted octanol–water partition coefficient (Wildman–Crippen LogP) is 4.38. The van der Waals surface area contributed by atoms with E-state index in [2.05, 4.69) is 27.8 Å². The number of fused-ring (bicyclic) bond motifs is 1. The molecule has 0 fully saturated rings. The Balaban J connectivity index is 1.69. The Bertz CT molecular complexity index is 809. The van der Waals surface area contributed by atoms with E-state index in [1.807, 2.05) is 49.4 Å². The molecular weight excluding hydrogens is 314 g/mol. The molecule has 3 aromatic rings. The van der Waals surface area contributed by atoms with Crippen molar-refractivity contribution in [3.63, 3.8) is 0 Å². The minimum absolute atomic E-state index is 0.208. The van der Waals surface area contributed by atoms with Crippen molar-refractivity contribution in [1.82, 2.24) is 10.3 Å². The molecule has 0 unspecified atom stereocenters. The number of H-pyrrole nitrogens is 1. The van der Waals surface area contributed by atoms with E-state index < -0.39 is 0 Å². The zero-order valence-corrected chi connectivity index (χ0v) is 14.3. The molecule has 1 heterocycles. The largest absolute Gasteiger partial charge is 0.382 e. The van der Waals surface area contributed by atoms with Gasteiger partial charge in [0, 0.05) is 41.9 Å². The molecule has 0 bridgehead atoms. The summed E-state index contributed by atoms with van der Waals surface area (Å²) in [6, 6.07) is 17.8. The van der Waals surface area contributed by atoms with Gasteiger partial charge in [-0.3, -0.25) is 0 Å². The van der Waals surface area contributed by atoms with E-state index in [1.165, 1.54) is 0 Å². The van der Waals surface area contributed by atoms with Crippen LogP contribution in [0.25, 0.3) is 22.2 Å².